The molecule has 0 aliphatic rings. The van der Waals surface area contributed by atoms with Crippen LogP contribution in [-0.4, -0.2) is 21.9 Å². The number of methoxy groups -OCH3 is 1. The largest absolute Gasteiger partial charge is 0.497 e. The number of fused-ring (bicyclic) bond motifs is 1. The summed E-state index contributed by atoms with van der Waals surface area (Å²) >= 11 is 0. The van der Waals surface area contributed by atoms with E-state index < -0.39 is 0 Å². The molecule has 102 valence electrons. The Balaban J connectivity index is 2.03. The highest BCUT2D eigenvalue weighted by molar-refractivity contribution is 5.89. The molecule has 2 N–H and O–H groups in total. The van der Waals surface area contributed by atoms with Crippen LogP contribution in [0.1, 0.15) is 11.4 Å². The first kappa shape index (κ1) is 12.5. The molecule has 0 saturated carbocycles. The molecule has 0 fully saturated rings. The number of aryl methyl sites for hydroxylation is 1. The van der Waals surface area contributed by atoms with E-state index in [1.165, 1.54) is 0 Å². The van der Waals surface area contributed by atoms with Crippen LogP contribution in [0.4, 0.5) is 5.82 Å². The molecule has 0 radical (unpaired) electrons. The zero-order valence-electron chi connectivity index (χ0n) is 11.5. The SMILES string of the molecule is COc1cc(C)nc(Cn2nc(N)c3ccccc32)c1. The molecule has 3 rings (SSSR count). The van der Waals surface area contributed by atoms with Gasteiger partial charge in [-0.05, 0) is 19.1 Å². The van der Waals surface area contributed by atoms with E-state index in [0.717, 1.165) is 28.0 Å². The van der Waals surface area contributed by atoms with Gasteiger partial charge >= 0.3 is 0 Å². The Labute approximate surface area is 117 Å². The van der Waals surface area contributed by atoms with Crippen LogP contribution in [0.3, 0.4) is 0 Å². The monoisotopic (exact) mass is 268 g/mol. The fraction of sp³-hybridized carbons (Fsp3) is 0.200. The molecule has 20 heavy (non-hydrogen) atoms. The summed E-state index contributed by atoms with van der Waals surface area (Å²) in [5.41, 5.74) is 8.76. The van der Waals surface area contributed by atoms with Crippen molar-refractivity contribution in [3.63, 3.8) is 0 Å². The molecule has 2 heterocycles. The Morgan fingerprint density at radius 3 is 2.85 bits per heavy atom. The van der Waals surface area contributed by atoms with Crippen molar-refractivity contribution in [3.8, 4) is 5.75 Å². The lowest BCUT2D eigenvalue weighted by Gasteiger charge is -2.07. The highest BCUT2D eigenvalue weighted by Crippen LogP contribution is 2.21. The quantitative estimate of drug-likeness (QED) is 0.792. The molecular weight excluding hydrogens is 252 g/mol. The lowest BCUT2D eigenvalue weighted by Crippen LogP contribution is -2.05. The maximum Gasteiger partial charge on any atom is 0.153 e. The van der Waals surface area contributed by atoms with Crippen LogP contribution in [0, 0.1) is 6.92 Å². The van der Waals surface area contributed by atoms with Gasteiger partial charge in [-0.1, -0.05) is 12.1 Å². The second-order valence-corrected chi connectivity index (χ2v) is 4.70. The van der Waals surface area contributed by atoms with Crippen molar-refractivity contribution in [2.24, 2.45) is 0 Å². The minimum Gasteiger partial charge on any atom is -0.497 e. The third-order valence-corrected chi connectivity index (χ3v) is 3.21. The van der Waals surface area contributed by atoms with E-state index in [1.54, 1.807) is 7.11 Å². The molecule has 5 heteroatoms. The highest BCUT2D eigenvalue weighted by atomic mass is 16.5. The molecule has 0 unspecified atom stereocenters. The Kier molecular flexibility index (Phi) is 3.02. The van der Waals surface area contributed by atoms with E-state index in [4.69, 9.17) is 10.5 Å². The third-order valence-electron chi connectivity index (χ3n) is 3.21. The van der Waals surface area contributed by atoms with Crippen LogP contribution in [0.2, 0.25) is 0 Å². The van der Waals surface area contributed by atoms with Crippen molar-refractivity contribution >= 4 is 16.7 Å². The molecule has 0 amide bonds. The van der Waals surface area contributed by atoms with Crippen LogP contribution in [0.15, 0.2) is 36.4 Å². The zero-order valence-corrected chi connectivity index (χ0v) is 11.5. The van der Waals surface area contributed by atoms with Gasteiger partial charge in [-0.15, -0.1) is 0 Å². The molecule has 2 aromatic heterocycles. The van der Waals surface area contributed by atoms with Gasteiger partial charge in [0, 0.05) is 23.2 Å². The fourth-order valence-electron chi connectivity index (χ4n) is 2.33. The number of para-hydroxylation sites is 1. The molecule has 0 aliphatic heterocycles. The van der Waals surface area contributed by atoms with Crippen molar-refractivity contribution < 1.29 is 4.74 Å². The van der Waals surface area contributed by atoms with Crippen LogP contribution >= 0.6 is 0 Å². The van der Waals surface area contributed by atoms with Gasteiger partial charge in [0.25, 0.3) is 0 Å². The number of nitrogen functional groups attached to an aromatic ring is 1. The zero-order chi connectivity index (χ0) is 14.1. The number of nitrogens with zero attached hydrogens (tertiary/aromatic N) is 3. The minimum atomic E-state index is 0.542. The first-order valence-electron chi connectivity index (χ1n) is 6.40. The van der Waals surface area contributed by atoms with Crippen molar-refractivity contribution in [1.29, 1.82) is 0 Å². The molecule has 0 atom stereocenters. The first-order chi connectivity index (χ1) is 9.67. The van der Waals surface area contributed by atoms with Gasteiger partial charge in [-0.25, -0.2) is 0 Å². The standard InChI is InChI=1S/C15H16N4O/c1-10-7-12(20-2)8-11(17-10)9-19-14-6-4-3-5-13(14)15(16)18-19/h3-8H,9H2,1-2H3,(H2,16,18). The molecule has 0 spiro atoms. The number of benzene rings is 1. The van der Waals surface area contributed by atoms with E-state index in [9.17, 15) is 0 Å². The molecule has 0 saturated heterocycles. The van der Waals surface area contributed by atoms with Gasteiger partial charge in [0.15, 0.2) is 5.82 Å². The lowest BCUT2D eigenvalue weighted by molar-refractivity contribution is 0.412. The number of ether oxygens (including phenoxy) is 1. The smallest absolute Gasteiger partial charge is 0.153 e. The van der Waals surface area contributed by atoms with Crippen molar-refractivity contribution in [2.45, 2.75) is 13.5 Å². The lowest BCUT2D eigenvalue weighted by atomic mass is 10.2. The van der Waals surface area contributed by atoms with Crippen LogP contribution in [-0.2, 0) is 6.54 Å². The molecule has 0 aliphatic carbocycles. The predicted octanol–water partition coefficient (Wildman–Crippen LogP) is 2.38. The summed E-state index contributed by atoms with van der Waals surface area (Å²) in [6, 6.07) is 11.7. The van der Waals surface area contributed by atoms with E-state index >= 15 is 0 Å². The number of aromatic nitrogens is 3. The highest BCUT2D eigenvalue weighted by Gasteiger charge is 2.09. The topological polar surface area (TPSA) is 66.0 Å². The Morgan fingerprint density at radius 2 is 2.05 bits per heavy atom. The molecule has 1 aromatic carbocycles. The van der Waals surface area contributed by atoms with E-state index in [0.29, 0.717) is 12.4 Å². The average Bonchev–Trinajstić information content (AvgIpc) is 2.75. The van der Waals surface area contributed by atoms with Gasteiger partial charge < -0.3 is 10.5 Å². The summed E-state index contributed by atoms with van der Waals surface area (Å²) in [6.45, 7) is 2.51. The predicted molar refractivity (Wildman–Crippen MR) is 78.8 cm³/mol. The molecule has 0 bridgehead atoms. The van der Waals surface area contributed by atoms with Gasteiger partial charge in [-0.2, -0.15) is 5.10 Å². The summed E-state index contributed by atoms with van der Waals surface area (Å²) in [4.78, 5) is 4.51. The Bertz CT molecular complexity index is 764. The van der Waals surface area contributed by atoms with Gasteiger partial charge in [0.1, 0.15) is 5.75 Å². The number of rotatable bonds is 3. The summed E-state index contributed by atoms with van der Waals surface area (Å²) in [6.07, 6.45) is 0. The van der Waals surface area contributed by atoms with Crippen molar-refractivity contribution in [2.75, 3.05) is 12.8 Å². The van der Waals surface area contributed by atoms with Crippen molar-refractivity contribution in [1.82, 2.24) is 14.8 Å². The number of anilines is 1. The van der Waals surface area contributed by atoms with Crippen molar-refractivity contribution in [3.05, 3.63) is 47.8 Å². The van der Waals surface area contributed by atoms with E-state index in [1.807, 2.05) is 48.0 Å². The second kappa shape index (κ2) is 4.85. The number of pyridine rings is 1. The summed E-state index contributed by atoms with van der Waals surface area (Å²) in [7, 11) is 1.65. The van der Waals surface area contributed by atoms with Crippen LogP contribution in [0.5, 0.6) is 5.75 Å². The maximum atomic E-state index is 5.94. The number of hydrogen-bond donors (Lipinski definition) is 1. The number of nitrogens with two attached hydrogens (primary N) is 1. The normalized spacial score (nSPS) is 10.9. The average molecular weight is 268 g/mol. The van der Waals surface area contributed by atoms with Gasteiger partial charge in [0.05, 0.1) is 24.9 Å². The van der Waals surface area contributed by atoms with E-state index in [2.05, 4.69) is 10.1 Å². The maximum absolute atomic E-state index is 5.94. The second-order valence-electron chi connectivity index (χ2n) is 4.70. The fourth-order valence-corrected chi connectivity index (χ4v) is 2.33. The third kappa shape index (κ3) is 2.18. The number of hydrogen-bond acceptors (Lipinski definition) is 4. The Hall–Kier alpha value is -2.56. The summed E-state index contributed by atoms with van der Waals surface area (Å²) in [5.74, 6) is 1.34. The van der Waals surface area contributed by atoms with Crippen LogP contribution in [0.25, 0.3) is 10.9 Å². The molecular formula is C15H16N4O. The summed E-state index contributed by atoms with van der Waals surface area (Å²) < 4.78 is 7.14. The molecule has 3 aromatic rings. The minimum absolute atomic E-state index is 0.542. The van der Waals surface area contributed by atoms with Gasteiger partial charge in [-0.3, -0.25) is 9.67 Å². The Morgan fingerprint density at radius 1 is 1.25 bits per heavy atom. The summed E-state index contributed by atoms with van der Waals surface area (Å²) in [5, 5.41) is 5.35. The van der Waals surface area contributed by atoms with Crippen LogP contribution < -0.4 is 10.5 Å². The molecule has 5 nitrogen and oxygen atoms in total. The first-order valence-corrected chi connectivity index (χ1v) is 6.40. The van der Waals surface area contributed by atoms with E-state index in [-0.39, 0.29) is 0 Å². The van der Waals surface area contributed by atoms with Gasteiger partial charge in [0.2, 0.25) is 0 Å².